The van der Waals surface area contributed by atoms with Crippen LogP contribution in [0.3, 0.4) is 0 Å². The van der Waals surface area contributed by atoms with E-state index in [9.17, 15) is 0 Å². The molecule has 2 atom stereocenters. The Balaban J connectivity index is 1.74. The van der Waals surface area contributed by atoms with E-state index in [0.717, 1.165) is 24.9 Å². The predicted octanol–water partition coefficient (Wildman–Crippen LogP) is 1.54. The summed E-state index contributed by atoms with van der Waals surface area (Å²) in [5, 5.41) is 0. The van der Waals surface area contributed by atoms with E-state index in [2.05, 4.69) is 0 Å². The summed E-state index contributed by atoms with van der Waals surface area (Å²) in [6.45, 7) is 0.873. The Morgan fingerprint density at radius 1 is 1.42 bits per heavy atom. The number of fused-ring (bicyclic) bond motifs is 1. The highest BCUT2D eigenvalue weighted by molar-refractivity contribution is 5.17. The zero-order chi connectivity index (χ0) is 8.60. The Labute approximate surface area is 74.5 Å². The van der Waals surface area contributed by atoms with Crippen LogP contribution in [0.15, 0.2) is 0 Å². The monoisotopic (exact) mass is 169 g/mol. The third kappa shape index (κ3) is 1.17. The van der Waals surface area contributed by atoms with Crippen molar-refractivity contribution < 1.29 is 4.74 Å². The second-order valence-electron chi connectivity index (χ2n) is 4.35. The van der Waals surface area contributed by atoms with Gasteiger partial charge >= 0.3 is 0 Å². The number of nitrogens with two attached hydrogens (primary N) is 1. The van der Waals surface area contributed by atoms with Gasteiger partial charge in [-0.1, -0.05) is 6.42 Å². The molecule has 0 amide bonds. The minimum absolute atomic E-state index is 0.233. The highest BCUT2D eigenvalue weighted by Crippen LogP contribution is 2.60. The van der Waals surface area contributed by atoms with Gasteiger partial charge in [0.2, 0.25) is 0 Å². The third-order valence-electron chi connectivity index (χ3n) is 3.75. The van der Waals surface area contributed by atoms with Gasteiger partial charge in [0, 0.05) is 19.3 Å². The molecule has 2 nitrogen and oxygen atoms in total. The molecule has 0 aromatic rings. The molecule has 0 spiro atoms. The van der Waals surface area contributed by atoms with Crippen molar-refractivity contribution in [2.45, 2.75) is 37.6 Å². The standard InChI is InChI=1S/C10H19NO/c1-12-7-3-6-10(11)8-4-2-5-9(8)10/h8-9H,2-7,11H2,1H3. The first-order valence-corrected chi connectivity index (χ1v) is 5.07. The van der Waals surface area contributed by atoms with Gasteiger partial charge in [-0.15, -0.1) is 0 Å². The first kappa shape index (κ1) is 8.52. The van der Waals surface area contributed by atoms with Crippen LogP contribution >= 0.6 is 0 Å². The molecule has 0 aliphatic heterocycles. The average molecular weight is 169 g/mol. The van der Waals surface area contributed by atoms with Crippen molar-refractivity contribution in [1.82, 2.24) is 0 Å². The first-order chi connectivity index (χ1) is 5.79. The maximum atomic E-state index is 6.28. The minimum atomic E-state index is 0.233. The molecule has 0 saturated heterocycles. The van der Waals surface area contributed by atoms with Crippen LogP contribution in [-0.4, -0.2) is 19.3 Å². The minimum Gasteiger partial charge on any atom is -0.385 e. The predicted molar refractivity (Wildman–Crippen MR) is 48.9 cm³/mol. The zero-order valence-corrected chi connectivity index (χ0v) is 7.88. The van der Waals surface area contributed by atoms with Crippen molar-refractivity contribution in [2.75, 3.05) is 13.7 Å². The van der Waals surface area contributed by atoms with Crippen LogP contribution in [0, 0.1) is 11.8 Å². The molecule has 0 aromatic heterocycles. The highest BCUT2D eigenvalue weighted by Gasteiger charge is 2.62. The van der Waals surface area contributed by atoms with Gasteiger partial charge in [-0.2, -0.15) is 0 Å². The Hall–Kier alpha value is -0.0800. The van der Waals surface area contributed by atoms with E-state index in [1.807, 2.05) is 0 Å². The number of methoxy groups -OCH3 is 1. The third-order valence-corrected chi connectivity index (χ3v) is 3.75. The highest BCUT2D eigenvalue weighted by atomic mass is 16.5. The average Bonchev–Trinajstić information content (AvgIpc) is 2.54. The smallest absolute Gasteiger partial charge is 0.0462 e. The van der Waals surface area contributed by atoms with Gasteiger partial charge in [-0.3, -0.25) is 0 Å². The lowest BCUT2D eigenvalue weighted by molar-refractivity contribution is 0.187. The van der Waals surface area contributed by atoms with Crippen molar-refractivity contribution in [3.63, 3.8) is 0 Å². The quantitative estimate of drug-likeness (QED) is 0.648. The van der Waals surface area contributed by atoms with Gasteiger partial charge in [-0.05, 0) is 37.5 Å². The topological polar surface area (TPSA) is 35.2 Å². The fourth-order valence-electron chi connectivity index (χ4n) is 3.02. The van der Waals surface area contributed by atoms with Gasteiger partial charge in [-0.25, -0.2) is 0 Å². The lowest BCUT2D eigenvalue weighted by atomic mass is 10.0. The van der Waals surface area contributed by atoms with E-state index >= 15 is 0 Å². The molecule has 2 rings (SSSR count). The Kier molecular flexibility index (Phi) is 2.13. The fraction of sp³-hybridized carbons (Fsp3) is 1.00. The van der Waals surface area contributed by atoms with Crippen LogP contribution in [0.1, 0.15) is 32.1 Å². The molecule has 2 fully saturated rings. The maximum absolute atomic E-state index is 6.28. The maximum Gasteiger partial charge on any atom is 0.0462 e. The zero-order valence-electron chi connectivity index (χ0n) is 7.88. The van der Waals surface area contributed by atoms with Crippen LogP contribution in [0.25, 0.3) is 0 Å². The number of hydrogen-bond acceptors (Lipinski definition) is 2. The van der Waals surface area contributed by atoms with Crippen molar-refractivity contribution >= 4 is 0 Å². The summed E-state index contributed by atoms with van der Waals surface area (Å²) in [5.41, 5.74) is 6.51. The summed E-state index contributed by atoms with van der Waals surface area (Å²) in [5.74, 6) is 1.74. The van der Waals surface area contributed by atoms with Gasteiger partial charge in [0.15, 0.2) is 0 Å². The van der Waals surface area contributed by atoms with Gasteiger partial charge in [0.25, 0.3) is 0 Å². The molecule has 2 heteroatoms. The summed E-state index contributed by atoms with van der Waals surface area (Å²) in [7, 11) is 1.76. The van der Waals surface area contributed by atoms with Crippen LogP contribution in [0.4, 0.5) is 0 Å². The van der Waals surface area contributed by atoms with Gasteiger partial charge in [0.05, 0.1) is 0 Å². The van der Waals surface area contributed by atoms with E-state index in [1.54, 1.807) is 7.11 Å². The van der Waals surface area contributed by atoms with Gasteiger partial charge < -0.3 is 10.5 Å². The lowest BCUT2D eigenvalue weighted by Gasteiger charge is -2.14. The molecule has 0 radical (unpaired) electrons. The molecule has 12 heavy (non-hydrogen) atoms. The molecular weight excluding hydrogens is 150 g/mol. The molecule has 0 bridgehead atoms. The van der Waals surface area contributed by atoms with E-state index in [0.29, 0.717) is 0 Å². The van der Waals surface area contributed by atoms with Crippen molar-refractivity contribution in [2.24, 2.45) is 17.6 Å². The molecule has 0 aromatic carbocycles. The van der Waals surface area contributed by atoms with Crippen LogP contribution in [-0.2, 0) is 4.74 Å². The fourth-order valence-corrected chi connectivity index (χ4v) is 3.02. The number of ether oxygens (including phenoxy) is 1. The van der Waals surface area contributed by atoms with E-state index in [-0.39, 0.29) is 5.54 Å². The van der Waals surface area contributed by atoms with Crippen LogP contribution in [0.2, 0.25) is 0 Å². The van der Waals surface area contributed by atoms with Crippen LogP contribution in [0.5, 0.6) is 0 Å². The Bertz CT molecular complexity index is 159. The van der Waals surface area contributed by atoms with E-state index in [4.69, 9.17) is 10.5 Å². The van der Waals surface area contributed by atoms with E-state index < -0.39 is 0 Å². The summed E-state index contributed by atoms with van der Waals surface area (Å²) in [6, 6.07) is 0. The van der Waals surface area contributed by atoms with Crippen molar-refractivity contribution in [1.29, 1.82) is 0 Å². The van der Waals surface area contributed by atoms with Crippen molar-refractivity contribution in [3.8, 4) is 0 Å². The molecule has 2 unspecified atom stereocenters. The normalized spacial score (nSPS) is 44.5. The van der Waals surface area contributed by atoms with Crippen molar-refractivity contribution in [3.05, 3.63) is 0 Å². The lowest BCUT2D eigenvalue weighted by Crippen LogP contribution is -2.28. The summed E-state index contributed by atoms with van der Waals surface area (Å²) < 4.78 is 5.03. The Morgan fingerprint density at radius 2 is 2.08 bits per heavy atom. The summed E-state index contributed by atoms with van der Waals surface area (Å²) >= 11 is 0. The van der Waals surface area contributed by atoms with Gasteiger partial charge in [0.1, 0.15) is 0 Å². The number of rotatable bonds is 4. The Morgan fingerprint density at radius 3 is 2.67 bits per heavy atom. The molecular formula is C10H19NO. The second kappa shape index (κ2) is 3.00. The molecule has 2 saturated carbocycles. The number of hydrogen-bond donors (Lipinski definition) is 1. The molecule has 2 aliphatic carbocycles. The molecule has 2 aliphatic rings. The largest absolute Gasteiger partial charge is 0.385 e. The SMILES string of the molecule is COCCCC1(N)C2CCCC21. The van der Waals surface area contributed by atoms with E-state index in [1.165, 1.54) is 25.7 Å². The molecule has 70 valence electrons. The summed E-state index contributed by atoms with van der Waals surface area (Å²) in [6.07, 6.45) is 6.50. The first-order valence-electron chi connectivity index (χ1n) is 5.07. The van der Waals surface area contributed by atoms with Crippen LogP contribution < -0.4 is 5.73 Å². The summed E-state index contributed by atoms with van der Waals surface area (Å²) in [4.78, 5) is 0. The molecule has 2 N–H and O–H groups in total. The molecule has 0 heterocycles. The second-order valence-corrected chi connectivity index (χ2v) is 4.35.